The molecule has 1 aliphatic heterocycles. The fourth-order valence-electron chi connectivity index (χ4n) is 3.90. The number of amides is 1. The zero-order valence-electron chi connectivity index (χ0n) is 20.4. The molecule has 1 amide bonds. The van der Waals surface area contributed by atoms with Crippen LogP contribution < -0.4 is 15.0 Å². The zero-order valence-corrected chi connectivity index (χ0v) is 20.4. The molecule has 11 heteroatoms. The van der Waals surface area contributed by atoms with Gasteiger partial charge >= 0.3 is 12.7 Å². The molecule has 1 saturated heterocycles. The number of nitrogens with zero attached hydrogens (tertiary/aromatic N) is 3. The highest BCUT2D eigenvalue weighted by atomic mass is 19.3. The minimum atomic E-state index is -3.04. The van der Waals surface area contributed by atoms with E-state index in [2.05, 4.69) is 20.0 Å². The third kappa shape index (κ3) is 6.97. The second-order valence-corrected chi connectivity index (χ2v) is 9.24. The van der Waals surface area contributed by atoms with Gasteiger partial charge in [0.25, 0.3) is 0 Å². The Kier molecular flexibility index (Phi) is 8.42. The van der Waals surface area contributed by atoms with Crippen LogP contribution in [0, 0.1) is 5.82 Å². The number of benzene rings is 1. The number of ether oxygens (including phenoxy) is 3. The van der Waals surface area contributed by atoms with Crippen molar-refractivity contribution in [3.05, 3.63) is 41.8 Å². The van der Waals surface area contributed by atoms with Crippen LogP contribution >= 0.6 is 0 Å². The van der Waals surface area contributed by atoms with Crippen molar-refractivity contribution in [3.8, 4) is 5.75 Å². The van der Waals surface area contributed by atoms with Crippen molar-refractivity contribution in [1.82, 2.24) is 9.97 Å². The molecule has 0 radical (unpaired) electrons. The minimum absolute atomic E-state index is 0.157. The van der Waals surface area contributed by atoms with E-state index in [1.165, 1.54) is 23.2 Å². The summed E-state index contributed by atoms with van der Waals surface area (Å²) in [6.07, 6.45) is 2.27. The largest absolute Gasteiger partial charge is 0.447 e. The van der Waals surface area contributed by atoms with Gasteiger partial charge in [0.15, 0.2) is 0 Å². The molecule has 3 atom stereocenters. The highest BCUT2D eigenvalue weighted by Crippen LogP contribution is 2.30. The molecule has 0 unspecified atom stereocenters. The first-order valence-electron chi connectivity index (χ1n) is 11.5. The number of rotatable bonds is 10. The summed E-state index contributed by atoms with van der Waals surface area (Å²) in [5.74, 6) is -0.514. The summed E-state index contributed by atoms with van der Waals surface area (Å²) in [6.45, 7) is 6.70. The smallest absolute Gasteiger partial charge is 0.416 e. The highest BCUT2D eigenvalue weighted by Gasteiger charge is 2.42. The normalized spacial score (nSPS) is 17.9. The van der Waals surface area contributed by atoms with Gasteiger partial charge in [-0.3, -0.25) is 4.90 Å². The molecule has 0 aliphatic carbocycles. The fraction of sp³-hybridized carbons (Fsp3) is 0.542. The number of hydrogen-bond donors (Lipinski definition) is 1. The number of nitrogens with one attached hydrogen (secondary N) is 1. The maximum Gasteiger partial charge on any atom is 0.416 e. The first-order chi connectivity index (χ1) is 16.5. The Bertz CT molecular complexity index is 1020. The third-order valence-electron chi connectivity index (χ3n) is 5.31. The van der Waals surface area contributed by atoms with Gasteiger partial charge in [-0.15, -0.1) is 0 Å². The quantitative estimate of drug-likeness (QED) is 0.452. The van der Waals surface area contributed by atoms with E-state index in [1.54, 1.807) is 13.0 Å². The fourth-order valence-corrected chi connectivity index (χ4v) is 3.90. The lowest BCUT2D eigenvalue weighted by molar-refractivity contribution is -0.0740. The molecule has 192 valence electrons. The molecule has 0 spiro atoms. The van der Waals surface area contributed by atoms with Crippen molar-refractivity contribution in [2.45, 2.75) is 77.9 Å². The number of halogens is 3. The number of hydrogen-bond acceptors (Lipinski definition) is 7. The second-order valence-electron chi connectivity index (χ2n) is 9.24. The topological polar surface area (TPSA) is 85.8 Å². The minimum Gasteiger partial charge on any atom is -0.447 e. The summed E-state index contributed by atoms with van der Waals surface area (Å²) in [5.41, 5.74) is -0.203. The summed E-state index contributed by atoms with van der Waals surface area (Å²) in [7, 11) is 0. The highest BCUT2D eigenvalue weighted by molar-refractivity contribution is 5.89. The van der Waals surface area contributed by atoms with Crippen molar-refractivity contribution in [3.63, 3.8) is 0 Å². The van der Waals surface area contributed by atoms with E-state index in [4.69, 9.17) is 9.47 Å². The summed E-state index contributed by atoms with van der Waals surface area (Å²) in [6, 6.07) is 4.11. The SMILES string of the molecule is CCC[C@@H](OC(C)(C)C)[C@H]1COC(=O)N1c1ccnc(N[C@@H](C)c2ccc(OC(F)F)cc2F)n1. The molecule has 1 fully saturated rings. The van der Waals surface area contributed by atoms with Gasteiger partial charge in [-0.25, -0.2) is 14.2 Å². The Morgan fingerprint density at radius 1 is 1.29 bits per heavy atom. The van der Waals surface area contributed by atoms with Crippen LogP contribution in [-0.2, 0) is 9.47 Å². The Hall–Kier alpha value is -3.08. The maximum absolute atomic E-state index is 14.5. The lowest BCUT2D eigenvalue weighted by Crippen LogP contribution is -2.46. The predicted molar refractivity (Wildman–Crippen MR) is 124 cm³/mol. The van der Waals surface area contributed by atoms with Crippen molar-refractivity contribution < 1.29 is 32.2 Å². The Labute approximate surface area is 202 Å². The van der Waals surface area contributed by atoms with Crippen LogP contribution in [-0.4, -0.2) is 47.0 Å². The van der Waals surface area contributed by atoms with Crippen LogP contribution in [0.2, 0.25) is 0 Å². The number of carbonyl (C=O) groups excluding carboxylic acids is 1. The molecule has 8 nitrogen and oxygen atoms in total. The van der Waals surface area contributed by atoms with Crippen LogP contribution in [0.5, 0.6) is 5.75 Å². The number of cyclic esters (lactones) is 1. The van der Waals surface area contributed by atoms with E-state index < -0.39 is 30.2 Å². The molecule has 3 rings (SSSR count). The second kappa shape index (κ2) is 11.1. The molecule has 0 saturated carbocycles. The molecule has 35 heavy (non-hydrogen) atoms. The van der Waals surface area contributed by atoms with Gasteiger partial charge in [-0.05, 0) is 46.2 Å². The molecule has 1 aromatic heterocycles. The van der Waals surface area contributed by atoms with Gasteiger partial charge in [-0.1, -0.05) is 19.4 Å². The average molecular weight is 497 g/mol. The van der Waals surface area contributed by atoms with Crippen molar-refractivity contribution >= 4 is 17.9 Å². The van der Waals surface area contributed by atoms with Crippen molar-refractivity contribution in [2.75, 3.05) is 16.8 Å². The van der Waals surface area contributed by atoms with Crippen molar-refractivity contribution in [2.24, 2.45) is 0 Å². The van der Waals surface area contributed by atoms with Gasteiger partial charge in [0.1, 0.15) is 30.0 Å². The first-order valence-corrected chi connectivity index (χ1v) is 11.5. The van der Waals surface area contributed by atoms with E-state index in [0.29, 0.717) is 5.82 Å². The maximum atomic E-state index is 14.5. The summed E-state index contributed by atoms with van der Waals surface area (Å²) in [4.78, 5) is 22.7. The van der Waals surface area contributed by atoms with E-state index in [0.717, 1.165) is 18.9 Å². The van der Waals surface area contributed by atoms with E-state index in [1.807, 2.05) is 27.7 Å². The van der Waals surface area contributed by atoms with Crippen LogP contribution in [0.25, 0.3) is 0 Å². The number of alkyl halides is 2. The predicted octanol–water partition coefficient (Wildman–Crippen LogP) is 5.70. The van der Waals surface area contributed by atoms with Gasteiger partial charge in [0, 0.05) is 17.8 Å². The summed E-state index contributed by atoms with van der Waals surface area (Å²) in [5, 5.41) is 2.98. The van der Waals surface area contributed by atoms with Gasteiger partial charge < -0.3 is 19.5 Å². The number of carbonyl (C=O) groups is 1. The first kappa shape index (κ1) is 26.5. The molecule has 1 aromatic carbocycles. The number of anilines is 2. The number of aromatic nitrogens is 2. The van der Waals surface area contributed by atoms with Crippen LogP contribution in [0.1, 0.15) is 59.1 Å². The summed E-state index contributed by atoms with van der Waals surface area (Å²) < 4.78 is 55.0. The van der Waals surface area contributed by atoms with Gasteiger partial charge in [-0.2, -0.15) is 13.8 Å². The lowest BCUT2D eigenvalue weighted by Gasteiger charge is -2.33. The summed E-state index contributed by atoms with van der Waals surface area (Å²) >= 11 is 0. The van der Waals surface area contributed by atoms with E-state index >= 15 is 0 Å². The molecular formula is C24H31F3N4O4. The Morgan fingerprint density at radius 3 is 2.66 bits per heavy atom. The molecule has 2 aromatic rings. The average Bonchev–Trinajstić information content (AvgIpc) is 3.13. The lowest BCUT2D eigenvalue weighted by atomic mass is 10.0. The van der Waals surface area contributed by atoms with E-state index in [9.17, 15) is 18.0 Å². The standard InChI is InChI=1S/C24H31F3N4O4/c1-6-7-19(35-24(3,4)5)18-13-33-23(32)31(18)20-10-11-28-22(30-20)29-14(2)16-9-8-15(12-17(16)25)34-21(26)27/h8-12,14,18-19,21H,6-7,13H2,1-5H3,(H,28,29,30)/t14-,18+,19+/m0/s1. The molecule has 1 aliphatic rings. The zero-order chi connectivity index (χ0) is 25.8. The van der Waals surface area contributed by atoms with Crippen LogP contribution in [0.3, 0.4) is 0 Å². The Balaban J connectivity index is 1.80. The Morgan fingerprint density at radius 2 is 2.03 bits per heavy atom. The van der Waals surface area contributed by atoms with Gasteiger partial charge in [0.05, 0.1) is 17.7 Å². The van der Waals surface area contributed by atoms with Crippen LogP contribution in [0.15, 0.2) is 30.5 Å². The third-order valence-corrected chi connectivity index (χ3v) is 5.31. The van der Waals surface area contributed by atoms with E-state index in [-0.39, 0.29) is 36.0 Å². The monoisotopic (exact) mass is 496 g/mol. The van der Waals surface area contributed by atoms with Crippen LogP contribution in [0.4, 0.5) is 29.7 Å². The molecule has 0 bridgehead atoms. The van der Waals surface area contributed by atoms with Crippen molar-refractivity contribution in [1.29, 1.82) is 0 Å². The molecular weight excluding hydrogens is 465 g/mol. The van der Waals surface area contributed by atoms with Gasteiger partial charge in [0.2, 0.25) is 5.95 Å². The molecule has 2 heterocycles. The molecule has 1 N–H and O–H groups in total.